The van der Waals surface area contributed by atoms with E-state index in [9.17, 15) is 0 Å². The minimum Gasteiger partial charge on any atom is -0.370 e. The number of likely N-dealkylation sites (tertiary alicyclic amines) is 1. The molecule has 120 valence electrons. The van der Waals surface area contributed by atoms with E-state index < -0.39 is 0 Å². The Balaban J connectivity index is 0.00000176. The third-order valence-electron chi connectivity index (χ3n) is 4.18. The highest BCUT2D eigenvalue weighted by atomic mass is 127. The van der Waals surface area contributed by atoms with Crippen LogP contribution in [0.5, 0.6) is 0 Å². The van der Waals surface area contributed by atoms with Crippen LogP contribution in [0.4, 0.5) is 0 Å². The van der Waals surface area contributed by atoms with Gasteiger partial charge in [-0.15, -0.1) is 24.0 Å². The van der Waals surface area contributed by atoms with Gasteiger partial charge in [0.2, 0.25) is 0 Å². The Kier molecular flexibility index (Phi) is 5.66. The average molecular weight is 413 g/mol. The van der Waals surface area contributed by atoms with Gasteiger partial charge in [0.15, 0.2) is 5.96 Å². The molecule has 1 aliphatic rings. The van der Waals surface area contributed by atoms with Gasteiger partial charge in [0.1, 0.15) is 12.4 Å². The number of halogens is 1. The SMILES string of the molecule is Cc1ccc2nc(CN=C(N)N3CCC(C)CC3)[nH]c2c1.I. The molecule has 3 N–H and O–H groups in total. The second kappa shape index (κ2) is 7.30. The van der Waals surface area contributed by atoms with Gasteiger partial charge < -0.3 is 15.6 Å². The van der Waals surface area contributed by atoms with Crippen molar-refractivity contribution in [3.8, 4) is 0 Å². The molecule has 1 aromatic carbocycles. The number of imidazole rings is 1. The summed E-state index contributed by atoms with van der Waals surface area (Å²) in [5, 5.41) is 0. The fraction of sp³-hybridized carbons (Fsp3) is 0.500. The summed E-state index contributed by atoms with van der Waals surface area (Å²) in [7, 11) is 0. The zero-order chi connectivity index (χ0) is 14.8. The number of aromatic amines is 1. The van der Waals surface area contributed by atoms with Crippen molar-refractivity contribution in [1.29, 1.82) is 0 Å². The van der Waals surface area contributed by atoms with Gasteiger partial charge in [0.05, 0.1) is 11.0 Å². The molecule has 0 bridgehead atoms. The van der Waals surface area contributed by atoms with E-state index in [0.717, 1.165) is 35.9 Å². The molecule has 2 heterocycles. The van der Waals surface area contributed by atoms with E-state index in [1.165, 1.54) is 18.4 Å². The maximum Gasteiger partial charge on any atom is 0.191 e. The van der Waals surface area contributed by atoms with Gasteiger partial charge in [0.25, 0.3) is 0 Å². The predicted octanol–water partition coefficient (Wildman–Crippen LogP) is 3.04. The lowest BCUT2D eigenvalue weighted by atomic mass is 10.00. The first-order chi connectivity index (χ1) is 10.1. The maximum absolute atomic E-state index is 6.09. The Labute approximate surface area is 148 Å². The number of guanidine groups is 1. The lowest BCUT2D eigenvalue weighted by Gasteiger charge is -2.30. The molecule has 0 amide bonds. The second-order valence-electron chi connectivity index (χ2n) is 6.05. The van der Waals surface area contributed by atoms with Gasteiger partial charge in [-0.05, 0) is 43.4 Å². The van der Waals surface area contributed by atoms with E-state index in [1.54, 1.807) is 0 Å². The van der Waals surface area contributed by atoms with Gasteiger partial charge in [-0.2, -0.15) is 0 Å². The van der Waals surface area contributed by atoms with Crippen LogP contribution in [0.3, 0.4) is 0 Å². The number of piperidine rings is 1. The number of aryl methyl sites for hydroxylation is 1. The monoisotopic (exact) mass is 413 g/mol. The number of H-pyrrole nitrogens is 1. The molecule has 22 heavy (non-hydrogen) atoms. The van der Waals surface area contributed by atoms with Crippen LogP contribution in [-0.2, 0) is 6.54 Å². The molecular weight excluding hydrogens is 389 g/mol. The molecule has 5 nitrogen and oxygen atoms in total. The summed E-state index contributed by atoms with van der Waals surface area (Å²) >= 11 is 0. The van der Waals surface area contributed by atoms with Crippen LogP contribution in [0.2, 0.25) is 0 Å². The Bertz CT molecular complexity index is 656. The van der Waals surface area contributed by atoms with Gasteiger partial charge in [-0.25, -0.2) is 9.98 Å². The number of nitrogens with one attached hydrogen (secondary N) is 1. The van der Waals surface area contributed by atoms with Crippen molar-refractivity contribution in [1.82, 2.24) is 14.9 Å². The van der Waals surface area contributed by atoms with Gasteiger partial charge in [0, 0.05) is 13.1 Å². The fourth-order valence-corrected chi connectivity index (χ4v) is 2.74. The molecule has 1 aromatic heterocycles. The van der Waals surface area contributed by atoms with Crippen LogP contribution in [0.1, 0.15) is 31.2 Å². The molecule has 1 saturated heterocycles. The van der Waals surface area contributed by atoms with Crippen LogP contribution >= 0.6 is 24.0 Å². The number of nitrogens with two attached hydrogens (primary N) is 1. The summed E-state index contributed by atoms with van der Waals surface area (Å²) in [6.07, 6.45) is 2.39. The summed E-state index contributed by atoms with van der Waals surface area (Å²) in [6, 6.07) is 6.20. The number of aliphatic imine (C=N–C) groups is 1. The summed E-state index contributed by atoms with van der Waals surface area (Å²) in [5.74, 6) is 2.30. The van der Waals surface area contributed by atoms with Crippen molar-refractivity contribution < 1.29 is 0 Å². The third-order valence-corrected chi connectivity index (χ3v) is 4.18. The Morgan fingerprint density at radius 2 is 2.14 bits per heavy atom. The highest BCUT2D eigenvalue weighted by Gasteiger charge is 2.16. The van der Waals surface area contributed by atoms with E-state index in [-0.39, 0.29) is 24.0 Å². The first-order valence-corrected chi connectivity index (χ1v) is 7.62. The third kappa shape index (κ3) is 3.91. The number of rotatable bonds is 2. The average Bonchev–Trinajstić information content (AvgIpc) is 2.87. The number of hydrogen-bond donors (Lipinski definition) is 2. The van der Waals surface area contributed by atoms with Crippen LogP contribution < -0.4 is 5.73 Å². The molecule has 0 spiro atoms. The molecule has 2 aromatic rings. The Hall–Kier alpha value is -1.31. The van der Waals surface area contributed by atoms with Crippen LogP contribution in [0.25, 0.3) is 11.0 Å². The fourth-order valence-electron chi connectivity index (χ4n) is 2.74. The highest BCUT2D eigenvalue weighted by molar-refractivity contribution is 14.0. The lowest BCUT2D eigenvalue weighted by molar-refractivity contribution is 0.277. The van der Waals surface area contributed by atoms with Gasteiger partial charge in [-0.3, -0.25) is 0 Å². The number of hydrogen-bond acceptors (Lipinski definition) is 2. The lowest BCUT2D eigenvalue weighted by Crippen LogP contribution is -2.42. The molecule has 0 unspecified atom stereocenters. The summed E-state index contributed by atoms with van der Waals surface area (Å²) < 4.78 is 0. The van der Waals surface area contributed by atoms with E-state index in [4.69, 9.17) is 5.73 Å². The Morgan fingerprint density at radius 3 is 2.86 bits per heavy atom. The van der Waals surface area contributed by atoms with Crippen molar-refractivity contribution in [2.75, 3.05) is 13.1 Å². The molecule has 1 fully saturated rings. The highest BCUT2D eigenvalue weighted by Crippen LogP contribution is 2.16. The smallest absolute Gasteiger partial charge is 0.191 e. The topological polar surface area (TPSA) is 70.3 Å². The number of fused-ring (bicyclic) bond motifs is 1. The summed E-state index contributed by atoms with van der Waals surface area (Å²) in [4.78, 5) is 14.5. The molecule has 6 heteroatoms. The van der Waals surface area contributed by atoms with E-state index in [0.29, 0.717) is 12.5 Å². The minimum atomic E-state index is 0. The summed E-state index contributed by atoms with van der Waals surface area (Å²) in [6.45, 7) is 6.89. The largest absolute Gasteiger partial charge is 0.370 e. The minimum absolute atomic E-state index is 0. The molecule has 0 saturated carbocycles. The van der Waals surface area contributed by atoms with E-state index >= 15 is 0 Å². The van der Waals surface area contributed by atoms with Crippen molar-refractivity contribution in [3.05, 3.63) is 29.6 Å². The van der Waals surface area contributed by atoms with E-state index in [2.05, 4.69) is 45.8 Å². The first kappa shape index (κ1) is 17.1. The number of nitrogens with zero attached hydrogens (tertiary/aromatic N) is 3. The first-order valence-electron chi connectivity index (χ1n) is 7.62. The van der Waals surface area contributed by atoms with Gasteiger partial charge in [-0.1, -0.05) is 13.0 Å². The predicted molar refractivity (Wildman–Crippen MR) is 102 cm³/mol. The number of benzene rings is 1. The van der Waals surface area contributed by atoms with E-state index in [1.807, 2.05) is 6.07 Å². The zero-order valence-corrected chi connectivity index (χ0v) is 15.5. The quantitative estimate of drug-likeness (QED) is 0.452. The number of aromatic nitrogens is 2. The molecule has 3 rings (SSSR count). The maximum atomic E-state index is 6.09. The van der Waals surface area contributed by atoms with Crippen LogP contribution in [-0.4, -0.2) is 33.9 Å². The van der Waals surface area contributed by atoms with Crippen LogP contribution in [0, 0.1) is 12.8 Å². The van der Waals surface area contributed by atoms with Crippen molar-refractivity contribution >= 4 is 41.0 Å². The second-order valence-corrected chi connectivity index (χ2v) is 6.05. The van der Waals surface area contributed by atoms with Crippen molar-refractivity contribution in [2.24, 2.45) is 16.6 Å². The summed E-state index contributed by atoms with van der Waals surface area (Å²) in [5.41, 5.74) is 9.36. The Morgan fingerprint density at radius 1 is 1.41 bits per heavy atom. The molecular formula is C16H24IN5. The van der Waals surface area contributed by atoms with Crippen LogP contribution in [0.15, 0.2) is 23.2 Å². The molecule has 0 atom stereocenters. The van der Waals surface area contributed by atoms with Crippen molar-refractivity contribution in [3.63, 3.8) is 0 Å². The standard InChI is InChI=1S/C16H23N5.HI/c1-11-5-7-21(8-6-11)16(17)18-10-15-19-13-4-3-12(2)9-14(13)20-15;/h3-4,9,11H,5-8,10H2,1-2H3,(H2,17,18)(H,19,20);1H. The molecule has 0 radical (unpaired) electrons. The zero-order valence-electron chi connectivity index (χ0n) is 13.2. The molecule has 0 aliphatic carbocycles. The van der Waals surface area contributed by atoms with Crippen molar-refractivity contribution in [2.45, 2.75) is 33.2 Å². The molecule has 1 aliphatic heterocycles. The normalized spacial score (nSPS) is 16.8. The van der Waals surface area contributed by atoms with Gasteiger partial charge >= 0.3 is 0 Å².